The number of benzene rings is 1. The molecule has 1 aliphatic rings. The number of carboxylic acids is 1. The largest absolute Gasteiger partial charge is 0.481 e. The van der Waals surface area contributed by atoms with E-state index in [1.165, 1.54) is 5.56 Å². The second-order valence-corrected chi connectivity index (χ2v) is 25.2. The molecule has 1 fully saturated rings. The zero-order chi connectivity index (χ0) is 31.8. The minimum atomic E-state index is -2.02. The summed E-state index contributed by atoms with van der Waals surface area (Å²) >= 11 is 0. The Kier molecular flexibility index (Phi) is 13.8. The second-order valence-electron chi connectivity index (χ2n) is 15.6. The van der Waals surface area contributed by atoms with E-state index in [9.17, 15) is 9.90 Å². The lowest BCUT2D eigenvalue weighted by molar-refractivity contribution is -0.137. The number of aliphatic hydroxyl groups excluding tert-OH is 1. The van der Waals surface area contributed by atoms with Gasteiger partial charge in [0, 0.05) is 12.5 Å². The van der Waals surface area contributed by atoms with Gasteiger partial charge in [0.25, 0.3) is 0 Å². The van der Waals surface area contributed by atoms with Crippen LogP contribution in [0.15, 0.2) is 42.5 Å². The lowest BCUT2D eigenvalue weighted by Crippen LogP contribution is -2.45. The highest BCUT2D eigenvalue weighted by molar-refractivity contribution is 6.74. The molecule has 1 aliphatic carbocycles. The highest BCUT2D eigenvalue weighted by Crippen LogP contribution is 2.46. The number of aliphatic carboxylic acids is 1. The van der Waals surface area contributed by atoms with Crippen molar-refractivity contribution in [1.29, 1.82) is 0 Å². The summed E-state index contributed by atoms with van der Waals surface area (Å²) in [4.78, 5) is 10.9. The summed E-state index contributed by atoms with van der Waals surface area (Å²) in [5.74, 6) is -0.347. The van der Waals surface area contributed by atoms with E-state index in [0.717, 1.165) is 38.5 Å². The number of unbranched alkanes of at least 4 members (excludes halogenated alkanes) is 1. The monoisotopic (exact) mass is 618 g/mol. The van der Waals surface area contributed by atoms with Crippen LogP contribution in [0.2, 0.25) is 36.3 Å². The Morgan fingerprint density at radius 2 is 1.57 bits per heavy atom. The summed E-state index contributed by atoms with van der Waals surface area (Å²) in [5.41, 5.74) is 1.35. The van der Waals surface area contributed by atoms with Crippen LogP contribution < -0.4 is 0 Å². The molecule has 0 saturated heterocycles. The van der Waals surface area contributed by atoms with Gasteiger partial charge in [0.15, 0.2) is 16.6 Å². The lowest BCUT2D eigenvalue weighted by Gasteiger charge is -2.41. The molecule has 5 nitrogen and oxygen atoms in total. The van der Waals surface area contributed by atoms with Gasteiger partial charge in [-0.15, -0.1) is 0 Å². The molecule has 2 rings (SSSR count). The molecule has 7 heteroatoms. The van der Waals surface area contributed by atoms with Gasteiger partial charge in [-0.3, -0.25) is 4.79 Å². The predicted molar refractivity (Wildman–Crippen MR) is 181 cm³/mol. The number of aliphatic hydroxyl groups is 1. The lowest BCUT2D eigenvalue weighted by atomic mass is 9.85. The van der Waals surface area contributed by atoms with E-state index in [1.54, 1.807) is 0 Å². The first-order valence-electron chi connectivity index (χ1n) is 16.3. The van der Waals surface area contributed by atoms with Crippen molar-refractivity contribution in [3.05, 3.63) is 48.0 Å². The first-order chi connectivity index (χ1) is 19.3. The molecule has 42 heavy (non-hydrogen) atoms. The maximum atomic E-state index is 11.3. The Labute approximate surface area is 259 Å². The highest BCUT2D eigenvalue weighted by atomic mass is 28.4. The van der Waals surface area contributed by atoms with Crippen LogP contribution in [0.4, 0.5) is 0 Å². The van der Waals surface area contributed by atoms with Gasteiger partial charge < -0.3 is 19.1 Å². The van der Waals surface area contributed by atoms with Crippen molar-refractivity contribution in [2.24, 2.45) is 11.8 Å². The van der Waals surface area contributed by atoms with Crippen molar-refractivity contribution in [2.45, 2.75) is 154 Å². The third kappa shape index (κ3) is 11.3. The van der Waals surface area contributed by atoms with Crippen molar-refractivity contribution < 1.29 is 23.9 Å². The normalized spacial score (nSPS) is 23.0. The van der Waals surface area contributed by atoms with Gasteiger partial charge in [0.05, 0.1) is 12.2 Å². The molecule has 0 unspecified atom stereocenters. The molecule has 0 radical (unpaired) electrons. The molecule has 1 saturated carbocycles. The van der Waals surface area contributed by atoms with E-state index in [0.29, 0.717) is 12.8 Å². The molecule has 0 aromatic heterocycles. The van der Waals surface area contributed by atoms with E-state index >= 15 is 0 Å². The third-order valence-electron chi connectivity index (χ3n) is 10.3. The quantitative estimate of drug-likeness (QED) is 0.110. The molecule has 240 valence electrons. The van der Waals surface area contributed by atoms with Gasteiger partial charge >= 0.3 is 5.97 Å². The summed E-state index contributed by atoms with van der Waals surface area (Å²) < 4.78 is 14.1. The van der Waals surface area contributed by atoms with Crippen LogP contribution in [0.25, 0.3) is 0 Å². The van der Waals surface area contributed by atoms with E-state index < -0.39 is 28.7 Å². The van der Waals surface area contributed by atoms with Gasteiger partial charge in [-0.2, -0.15) is 0 Å². The second kappa shape index (κ2) is 15.6. The van der Waals surface area contributed by atoms with Crippen molar-refractivity contribution in [3.8, 4) is 0 Å². The molecule has 0 bridgehead atoms. The van der Waals surface area contributed by atoms with Gasteiger partial charge in [-0.05, 0) is 105 Å². The zero-order valence-electron chi connectivity index (χ0n) is 28.4. The van der Waals surface area contributed by atoms with Gasteiger partial charge in [-0.1, -0.05) is 84.0 Å². The molecule has 0 spiro atoms. The topological polar surface area (TPSA) is 76.0 Å². The predicted octanol–water partition coefficient (Wildman–Crippen LogP) is 9.38. The minimum absolute atomic E-state index is 0.0500. The van der Waals surface area contributed by atoms with Crippen LogP contribution in [0.3, 0.4) is 0 Å². The molecule has 1 aromatic carbocycles. The Bertz CT molecular complexity index is 977. The number of hydrogen-bond donors (Lipinski definition) is 2. The highest BCUT2D eigenvalue weighted by Gasteiger charge is 2.48. The molecule has 5 atom stereocenters. The molecular formula is C35H62O5Si2. The Morgan fingerprint density at radius 3 is 2.14 bits per heavy atom. The van der Waals surface area contributed by atoms with E-state index in [-0.39, 0.29) is 40.5 Å². The zero-order valence-corrected chi connectivity index (χ0v) is 30.4. The first-order valence-corrected chi connectivity index (χ1v) is 22.1. The van der Waals surface area contributed by atoms with Crippen LogP contribution >= 0.6 is 0 Å². The summed E-state index contributed by atoms with van der Waals surface area (Å²) in [7, 11) is -3.98. The molecule has 0 amide bonds. The van der Waals surface area contributed by atoms with Crippen LogP contribution in [0.5, 0.6) is 0 Å². The molecular weight excluding hydrogens is 557 g/mol. The number of carboxylic acid groups (broad SMARTS) is 1. The molecule has 1 aromatic rings. The van der Waals surface area contributed by atoms with Gasteiger partial charge in [-0.25, -0.2) is 0 Å². The van der Waals surface area contributed by atoms with E-state index in [2.05, 4.69) is 110 Å². The first kappa shape index (κ1) is 36.9. The standard InChI is InChI=1S/C35H62O5Si2/c1-34(2,3)41(7,8)39-28(23-22-27-18-14-13-15-19-27)24-25-30-29(20-16-11-12-17-21-33(37)38)31(36)26-32(30)40-42(9,10)35(4,5)6/h11,13-16,18-19,28-32,36H,12,17,20-26H2,1-10H3,(H,37,38)/b16-11-/t28-,29+,30+,31+,32+/m0/s1. The fraction of sp³-hybridized carbons (Fsp3) is 0.743. The van der Waals surface area contributed by atoms with Gasteiger partial charge in [0.2, 0.25) is 0 Å². The maximum absolute atomic E-state index is 11.3. The fourth-order valence-electron chi connectivity index (χ4n) is 5.52. The minimum Gasteiger partial charge on any atom is -0.481 e. The summed E-state index contributed by atoms with van der Waals surface area (Å²) in [6.45, 7) is 23.1. The smallest absolute Gasteiger partial charge is 0.303 e. The Morgan fingerprint density at radius 1 is 0.952 bits per heavy atom. The number of rotatable bonds is 16. The molecule has 0 heterocycles. The van der Waals surface area contributed by atoms with Crippen LogP contribution in [-0.4, -0.2) is 51.1 Å². The summed E-state index contributed by atoms with van der Waals surface area (Å²) in [6.07, 6.45) is 11.1. The number of allylic oxidation sites excluding steroid dienone is 2. The number of aryl methyl sites for hydroxylation is 1. The molecule has 2 N–H and O–H groups in total. The summed E-state index contributed by atoms with van der Waals surface area (Å²) in [5, 5.41) is 20.5. The Hall–Kier alpha value is -1.26. The van der Waals surface area contributed by atoms with Crippen LogP contribution in [0, 0.1) is 11.8 Å². The average molecular weight is 619 g/mol. The SMILES string of the molecule is CC(C)(C)[Si](C)(C)O[C@@H](CCc1ccccc1)CC[C@@H]1[C@@H](C/C=C\CCCC(=O)O)[C@H](O)C[C@H]1O[Si](C)(C)C(C)(C)C. The number of carbonyl (C=O) groups is 1. The third-order valence-corrected chi connectivity index (χ3v) is 19.3. The van der Waals surface area contributed by atoms with E-state index in [1.807, 2.05) is 0 Å². The fourth-order valence-corrected chi connectivity index (χ4v) is 8.32. The van der Waals surface area contributed by atoms with Crippen molar-refractivity contribution in [3.63, 3.8) is 0 Å². The Balaban J connectivity index is 2.25. The van der Waals surface area contributed by atoms with E-state index in [4.69, 9.17) is 14.0 Å². The maximum Gasteiger partial charge on any atom is 0.303 e. The van der Waals surface area contributed by atoms with Gasteiger partial charge in [0.1, 0.15) is 0 Å². The van der Waals surface area contributed by atoms with Crippen molar-refractivity contribution in [1.82, 2.24) is 0 Å². The van der Waals surface area contributed by atoms with Crippen molar-refractivity contribution >= 4 is 22.6 Å². The molecule has 0 aliphatic heterocycles. The van der Waals surface area contributed by atoms with Crippen molar-refractivity contribution in [2.75, 3.05) is 0 Å². The average Bonchev–Trinajstić information content (AvgIpc) is 3.14. The van der Waals surface area contributed by atoms with Crippen LogP contribution in [0.1, 0.15) is 98.5 Å². The number of hydrogen-bond acceptors (Lipinski definition) is 4. The summed E-state index contributed by atoms with van der Waals surface area (Å²) in [6, 6.07) is 10.7. The van der Waals surface area contributed by atoms with Crippen LogP contribution in [-0.2, 0) is 20.1 Å².